The number of fused-ring (bicyclic) bond motifs is 3. The second-order valence-electron chi connectivity index (χ2n) is 31.3. The maximum absolute atomic E-state index is 15.7. The van der Waals surface area contributed by atoms with Crippen molar-refractivity contribution in [3.05, 3.63) is 0 Å². The molecule has 5 aliphatic heterocycles. The third-order valence-corrected chi connectivity index (χ3v) is 24.7. The van der Waals surface area contributed by atoms with E-state index in [1.807, 2.05) is 20.8 Å². The Balaban J connectivity index is 1.20. The molecule has 8 rings (SSSR count). The van der Waals surface area contributed by atoms with Gasteiger partial charge >= 0.3 is 6.18 Å². The number of carbonyl (C=O) groups excluding carboxylic acids is 12. The van der Waals surface area contributed by atoms with E-state index in [2.05, 4.69) is 21.3 Å². The quantitative estimate of drug-likeness (QED) is 0.191. The molecule has 8 fully saturated rings. The number of nitrogens with one attached hydrogen (secondary N) is 4. The van der Waals surface area contributed by atoms with E-state index in [9.17, 15) is 32.3 Å². The Kier molecular flexibility index (Phi) is 30.3. The van der Waals surface area contributed by atoms with Crippen molar-refractivity contribution in [3.63, 3.8) is 0 Å². The van der Waals surface area contributed by atoms with E-state index >= 15 is 47.1 Å². The van der Waals surface area contributed by atoms with Crippen LogP contribution in [0.1, 0.15) is 163 Å². The number of halogens is 5. The van der Waals surface area contributed by atoms with Crippen LogP contribution in [0.2, 0.25) is 0 Å². The summed E-state index contributed by atoms with van der Waals surface area (Å²) in [6, 6.07) is -10.6. The molecule has 598 valence electrons. The fraction of sp³-hybridized carbons (Fsp3) is 0.836. The summed E-state index contributed by atoms with van der Waals surface area (Å²) in [5.74, 6) is -12.9. The highest BCUT2D eigenvalue weighted by molar-refractivity contribution is 8.00. The van der Waals surface area contributed by atoms with E-state index < -0.39 is 212 Å². The lowest BCUT2D eigenvalue weighted by atomic mass is 9.74. The summed E-state index contributed by atoms with van der Waals surface area (Å²) in [7, 11) is 8.43. The number of morpholine rings is 1. The van der Waals surface area contributed by atoms with Gasteiger partial charge in [-0.05, 0) is 108 Å². The van der Waals surface area contributed by atoms with Crippen LogP contribution in [-0.4, -0.2) is 313 Å². The van der Waals surface area contributed by atoms with E-state index in [0.717, 1.165) is 9.80 Å². The van der Waals surface area contributed by atoms with Crippen molar-refractivity contribution < 1.29 is 89.0 Å². The lowest BCUT2D eigenvalue weighted by molar-refractivity contribution is -0.219. The molecule has 5 saturated heterocycles. The van der Waals surface area contributed by atoms with E-state index in [4.69, 9.17) is 9.47 Å². The predicted octanol–water partition coefficient (Wildman–Crippen LogP) is 3.64. The number of amides is 12. The summed E-state index contributed by atoms with van der Waals surface area (Å²) in [4.78, 5) is 193. The first kappa shape index (κ1) is 85.1. The summed E-state index contributed by atoms with van der Waals surface area (Å²) in [5, 5.41) is 11.6. The Morgan fingerprint density at radius 2 is 1.32 bits per heavy atom. The van der Waals surface area contributed by atoms with Crippen LogP contribution >= 0.6 is 11.8 Å². The van der Waals surface area contributed by atoms with Crippen LogP contribution in [0.15, 0.2) is 0 Å². The number of hydrogen-bond acceptors (Lipinski definition) is 16. The average molecular weight is 1530 g/mol. The summed E-state index contributed by atoms with van der Waals surface area (Å²) in [6.45, 7) is 8.85. The second-order valence-corrected chi connectivity index (χ2v) is 32.6. The zero-order valence-electron chi connectivity index (χ0n) is 63.8. The first-order valence-electron chi connectivity index (χ1n) is 38.4. The number of carbonyl (C=O) groups is 12. The first-order valence-corrected chi connectivity index (χ1v) is 39.4. The average Bonchev–Trinajstić information content (AvgIpc) is 1.28. The molecule has 1 spiro atoms. The van der Waals surface area contributed by atoms with Crippen molar-refractivity contribution >= 4 is 82.6 Å². The van der Waals surface area contributed by atoms with Crippen molar-refractivity contribution in [1.82, 2.24) is 65.4 Å². The smallest absolute Gasteiger partial charge is 0.378 e. The van der Waals surface area contributed by atoms with Crippen molar-refractivity contribution in [2.24, 2.45) is 29.6 Å². The molecule has 2 bridgehead atoms. The molecule has 12 amide bonds. The molecule has 4 N–H and O–H groups in total. The highest BCUT2D eigenvalue weighted by Crippen LogP contribution is 2.45. The van der Waals surface area contributed by atoms with Gasteiger partial charge in [-0.25, -0.2) is 8.78 Å². The molecule has 106 heavy (non-hydrogen) atoms. The molecule has 3 aliphatic carbocycles. The minimum atomic E-state index is -5.18. The van der Waals surface area contributed by atoms with Gasteiger partial charge in [-0.3, -0.25) is 57.5 Å². The highest BCUT2D eigenvalue weighted by atomic mass is 32.2. The summed E-state index contributed by atoms with van der Waals surface area (Å²) in [5.41, 5.74) is -1.65. The molecule has 8 aliphatic rings. The van der Waals surface area contributed by atoms with Gasteiger partial charge < -0.3 is 74.8 Å². The molecule has 0 aromatic heterocycles. The number of nitrogens with zero attached hydrogens (tertiary/aromatic N) is 9. The largest absolute Gasteiger partial charge is 0.397 e. The third-order valence-electron chi connectivity index (χ3n) is 23.5. The number of ether oxygens (including phenoxy) is 2. The van der Waals surface area contributed by atoms with Crippen molar-refractivity contribution in [1.29, 1.82) is 0 Å². The molecular weight excluding hydrogens is 1410 g/mol. The van der Waals surface area contributed by atoms with Gasteiger partial charge in [0.05, 0.1) is 44.2 Å². The topological polar surface area (TPSA) is 301 Å². The van der Waals surface area contributed by atoms with Crippen molar-refractivity contribution in [2.45, 2.75) is 247 Å². The van der Waals surface area contributed by atoms with Crippen molar-refractivity contribution in [2.75, 3.05) is 114 Å². The SMILES string of the molecule is CCO[C@@H]1C[C@H]2C(=O)NC3(CCC3)C(=O)N(C)[C@@H](C3CCCC3)C(=O)N(C)[C@H](C(=O)N3CCOCC3)CC(=O)N(C)[C@@H](CC(C)C)C(=O)N[C@@H]([C@@H](C)CC)C(=O)N(C)CC(=O)N(C)[C@H]3CCCCCN(C3=O)[C@@H](CC3NCCS3)C(=O)N(C)CC(=O)N[C@@H](CCC3CC(F)C(C(F)(F)F)C(F)C3)C(=O)N2C1. The zero-order valence-corrected chi connectivity index (χ0v) is 64.6. The fourth-order valence-corrected chi connectivity index (χ4v) is 17.9. The Bertz CT molecular complexity index is 3110. The standard InChI is InChI=1S/C73H116F5N13O14S/c1-12-44(5)61-69(101)84(7)42-59(94)85(8)51-22-15-14-18-28-90(68(51)100)55(38-57-79-27-33-106-57)66(98)83(6)41-56(92)80-50(24-23-45-35-48(74)60(49(75)36-45)73(76,77)78)65(97)91-40-47(105-13-2)37-53(91)64(96)82-72(25-19-26-72)71(103)88(11)62(46-20-16-17-21-46)70(102)87(10)54(67(99)89-29-31-104-32-30-89)39-58(93)86(9)52(34-43(3)4)63(95)81-61/h43-55,57,60-62,79H,12-42H2,1-11H3,(H,80,92)(H,81,95)(H,82,96)/t44-,45?,47+,48?,49?,50-,51-,52-,53-,54-,55-,57?,60?,61-,62-/m0/s1. The molecule has 0 aromatic carbocycles. The van der Waals surface area contributed by atoms with Crippen LogP contribution in [-0.2, 0) is 67.0 Å². The van der Waals surface area contributed by atoms with Gasteiger partial charge in [0.15, 0.2) is 0 Å². The monoisotopic (exact) mass is 1530 g/mol. The van der Waals surface area contributed by atoms with E-state index in [1.54, 1.807) is 13.8 Å². The lowest BCUT2D eigenvalue weighted by Gasteiger charge is -2.47. The van der Waals surface area contributed by atoms with Crippen LogP contribution in [0.5, 0.6) is 0 Å². The fourth-order valence-electron chi connectivity index (χ4n) is 16.8. The predicted molar refractivity (Wildman–Crippen MR) is 383 cm³/mol. The number of rotatable bonds is 13. The first-order chi connectivity index (χ1) is 50.1. The number of thioether (sulfide) groups is 1. The normalized spacial score (nSPS) is 32.1. The number of hydrogen-bond donors (Lipinski definition) is 4. The molecule has 13 atom stereocenters. The Morgan fingerprint density at radius 3 is 1.92 bits per heavy atom. The number of alkyl halides is 5. The van der Waals surface area contributed by atoms with Crippen LogP contribution < -0.4 is 21.3 Å². The van der Waals surface area contributed by atoms with Crippen LogP contribution in [0, 0.1) is 29.6 Å². The molecule has 33 heteroatoms. The molecule has 5 heterocycles. The Morgan fingerprint density at radius 1 is 0.670 bits per heavy atom. The molecular formula is C73H116F5N13O14S. The van der Waals surface area contributed by atoms with Crippen LogP contribution in [0.3, 0.4) is 0 Å². The Labute approximate surface area is 624 Å². The summed E-state index contributed by atoms with van der Waals surface area (Å²) >= 11 is 1.52. The zero-order chi connectivity index (χ0) is 77.8. The van der Waals surface area contributed by atoms with Crippen LogP contribution in [0.25, 0.3) is 0 Å². The van der Waals surface area contributed by atoms with E-state index in [-0.39, 0.29) is 102 Å². The van der Waals surface area contributed by atoms with Gasteiger partial charge in [0.25, 0.3) is 0 Å². The van der Waals surface area contributed by atoms with E-state index in [0.29, 0.717) is 70.1 Å². The lowest BCUT2D eigenvalue weighted by Crippen LogP contribution is -2.68. The minimum absolute atomic E-state index is 0.0601. The summed E-state index contributed by atoms with van der Waals surface area (Å²) in [6.07, 6.45) is -8.70. The minimum Gasteiger partial charge on any atom is -0.378 e. The molecule has 0 aromatic rings. The maximum atomic E-state index is 15.7. The van der Waals surface area contributed by atoms with Crippen molar-refractivity contribution in [3.8, 4) is 0 Å². The molecule has 3 unspecified atom stereocenters. The maximum Gasteiger partial charge on any atom is 0.397 e. The highest BCUT2D eigenvalue weighted by Gasteiger charge is 2.56. The molecule has 3 saturated carbocycles. The van der Waals surface area contributed by atoms with Gasteiger partial charge in [-0.2, -0.15) is 13.2 Å². The number of likely N-dealkylation sites (N-methyl/N-ethyl adjacent to an activating group) is 6. The summed E-state index contributed by atoms with van der Waals surface area (Å²) < 4.78 is 84.5. The van der Waals surface area contributed by atoms with Gasteiger partial charge in [0.1, 0.15) is 72.1 Å². The van der Waals surface area contributed by atoms with Gasteiger partial charge in [-0.1, -0.05) is 59.8 Å². The second kappa shape index (κ2) is 37.8. The molecule has 27 nitrogen and oxygen atoms in total. The molecule has 0 radical (unpaired) electrons. The Hall–Kier alpha value is -6.48. The van der Waals surface area contributed by atoms with Gasteiger partial charge in [-0.15, -0.1) is 11.8 Å². The van der Waals surface area contributed by atoms with Gasteiger partial charge in [0, 0.05) is 100 Å². The van der Waals surface area contributed by atoms with Gasteiger partial charge in [0.2, 0.25) is 70.9 Å². The third kappa shape index (κ3) is 20.5. The van der Waals surface area contributed by atoms with E-state index in [1.165, 1.54) is 88.3 Å². The van der Waals surface area contributed by atoms with Crippen LogP contribution in [0.4, 0.5) is 22.0 Å².